The van der Waals surface area contributed by atoms with E-state index in [1.165, 1.54) is 0 Å². The molecular weight excluding hydrogens is 254 g/mol. The molecule has 0 amide bonds. The first-order chi connectivity index (χ1) is 9.78. The SMILES string of the molecule is CCCOC1CCCN(c2ccc3nnc(C)n3n2)C1. The van der Waals surface area contributed by atoms with Crippen LogP contribution in [-0.4, -0.2) is 45.6 Å². The van der Waals surface area contributed by atoms with E-state index >= 15 is 0 Å². The lowest BCUT2D eigenvalue weighted by Crippen LogP contribution is -2.40. The number of anilines is 1. The number of nitrogens with zero attached hydrogens (tertiary/aromatic N) is 5. The number of fused-ring (bicyclic) bond motifs is 1. The molecule has 2 aromatic heterocycles. The molecule has 0 aliphatic carbocycles. The van der Waals surface area contributed by atoms with Crippen LogP contribution in [0.2, 0.25) is 0 Å². The van der Waals surface area contributed by atoms with Gasteiger partial charge < -0.3 is 9.64 Å². The predicted octanol–water partition coefficient (Wildman–Crippen LogP) is 1.83. The maximum atomic E-state index is 5.88. The van der Waals surface area contributed by atoms with E-state index in [9.17, 15) is 0 Å². The summed E-state index contributed by atoms with van der Waals surface area (Å²) in [6, 6.07) is 3.99. The molecule has 0 bridgehead atoms. The highest BCUT2D eigenvalue weighted by Crippen LogP contribution is 2.20. The average Bonchev–Trinajstić information content (AvgIpc) is 2.86. The second-order valence-electron chi connectivity index (χ2n) is 5.29. The molecule has 0 spiro atoms. The lowest BCUT2D eigenvalue weighted by atomic mass is 10.1. The molecule has 1 aliphatic rings. The third-order valence-electron chi connectivity index (χ3n) is 3.66. The van der Waals surface area contributed by atoms with Gasteiger partial charge in [-0.25, -0.2) is 0 Å². The topological polar surface area (TPSA) is 55.5 Å². The zero-order valence-electron chi connectivity index (χ0n) is 12.1. The van der Waals surface area contributed by atoms with Gasteiger partial charge in [-0.05, 0) is 38.3 Å². The number of aromatic nitrogens is 4. The maximum Gasteiger partial charge on any atom is 0.178 e. The molecule has 6 heteroatoms. The summed E-state index contributed by atoms with van der Waals surface area (Å²) in [7, 11) is 0. The summed E-state index contributed by atoms with van der Waals surface area (Å²) in [4.78, 5) is 2.29. The van der Waals surface area contributed by atoms with Crippen molar-refractivity contribution in [1.82, 2.24) is 19.8 Å². The fourth-order valence-electron chi connectivity index (χ4n) is 2.62. The van der Waals surface area contributed by atoms with Gasteiger partial charge in [0.15, 0.2) is 11.5 Å². The highest BCUT2D eigenvalue weighted by molar-refractivity contribution is 5.46. The molecule has 0 radical (unpaired) electrons. The number of hydrogen-bond donors (Lipinski definition) is 0. The van der Waals surface area contributed by atoms with Crippen molar-refractivity contribution < 1.29 is 4.74 Å². The summed E-state index contributed by atoms with van der Waals surface area (Å²) < 4.78 is 7.68. The number of piperidine rings is 1. The summed E-state index contributed by atoms with van der Waals surface area (Å²) >= 11 is 0. The zero-order chi connectivity index (χ0) is 13.9. The highest BCUT2D eigenvalue weighted by atomic mass is 16.5. The van der Waals surface area contributed by atoms with Gasteiger partial charge in [-0.15, -0.1) is 15.3 Å². The van der Waals surface area contributed by atoms with E-state index < -0.39 is 0 Å². The van der Waals surface area contributed by atoms with Gasteiger partial charge in [0.2, 0.25) is 0 Å². The van der Waals surface area contributed by atoms with Gasteiger partial charge in [0, 0.05) is 19.7 Å². The molecule has 0 saturated carbocycles. The second-order valence-corrected chi connectivity index (χ2v) is 5.29. The van der Waals surface area contributed by atoms with Crippen LogP contribution in [-0.2, 0) is 4.74 Å². The van der Waals surface area contributed by atoms with E-state index in [4.69, 9.17) is 4.74 Å². The second kappa shape index (κ2) is 5.75. The first-order valence-corrected chi connectivity index (χ1v) is 7.33. The summed E-state index contributed by atoms with van der Waals surface area (Å²) in [5.74, 6) is 1.79. The van der Waals surface area contributed by atoms with Crippen LogP contribution in [0.25, 0.3) is 5.65 Å². The van der Waals surface area contributed by atoms with Gasteiger partial charge in [-0.3, -0.25) is 0 Å². The molecule has 1 aliphatic heterocycles. The van der Waals surface area contributed by atoms with Crippen molar-refractivity contribution in [2.45, 2.75) is 39.2 Å². The van der Waals surface area contributed by atoms with Crippen LogP contribution in [0.5, 0.6) is 0 Å². The average molecular weight is 275 g/mol. The highest BCUT2D eigenvalue weighted by Gasteiger charge is 2.21. The molecule has 1 fully saturated rings. The first kappa shape index (κ1) is 13.3. The fourth-order valence-corrected chi connectivity index (χ4v) is 2.62. The van der Waals surface area contributed by atoms with E-state index in [1.54, 1.807) is 4.52 Å². The van der Waals surface area contributed by atoms with Crippen molar-refractivity contribution in [1.29, 1.82) is 0 Å². The Labute approximate surface area is 118 Å². The van der Waals surface area contributed by atoms with Crippen molar-refractivity contribution in [3.8, 4) is 0 Å². The van der Waals surface area contributed by atoms with E-state index in [0.717, 1.165) is 56.2 Å². The lowest BCUT2D eigenvalue weighted by Gasteiger charge is -2.33. The quantitative estimate of drug-likeness (QED) is 0.852. The third-order valence-corrected chi connectivity index (χ3v) is 3.66. The van der Waals surface area contributed by atoms with Crippen LogP contribution in [0.4, 0.5) is 5.82 Å². The molecule has 1 unspecified atom stereocenters. The predicted molar refractivity (Wildman–Crippen MR) is 77.0 cm³/mol. The van der Waals surface area contributed by atoms with Crippen LogP contribution < -0.4 is 4.90 Å². The van der Waals surface area contributed by atoms with Gasteiger partial charge in [0.1, 0.15) is 5.82 Å². The maximum absolute atomic E-state index is 5.88. The normalized spacial score (nSPS) is 19.7. The van der Waals surface area contributed by atoms with Crippen molar-refractivity contribution in [3.63, 3.8) is 0 Å². The molecule has 1 atom stereocenters. The van der Waals surface area contributed by atoms with E-state index in [2.05, 4.69) is 27.1 Å². The minimum Gasteiger partial charge on any atom is -0.376 e. The number of hydrogen-bond acceptors (Lipinski definition) is 5. The Bertz CT molecular complexity index is 582. The van der Waals surface area contributed by atoms with Gasteiger partial charge in [-0.1, -0.05) is 6.92 Å². The summed E-state index contributed by atoms with van der Waals surface area (Å²) in [6.45, 7) is 6.85. The van der Waals surface area contributed by atoms with Crippen molar-refractivity contribution in [3.05, 3.63) is 18.0 Å². The Morgan fingerprint density at radius 3 is 3.10 bits per heavy atom. The minimum atomic E-state index is 0.322. The number of rotatable bonds is 4. The lowest BCUT2D eigenvalue weighted by molar-refractivity contribution is 0.0439. The van der Waals surface area contributed by atoms with E-state index in [0.29, 0.717) is 6.10 Å². The molecule has 20 heavy (non-hydrogen) atoms. The zero-order valence-corrected chi connectivity index (χ0v) is 12.1. The standard InChI is InChI=1S/C14H21N5O/c1-3-9-20-12-5-4-8-18(10-12)14-7-6-13-16-15-11(2)19(13)17-14/h6-7,12H,3-5,8-10H2,1-2H3. The van der Waals surface area contributed by atoms with Crippen molar-refractivity contribution >= 4 is 11.5 Å². The van der Waals surface area contributed by atoms with E-state index in [1.807, 2.05) is 19.1 Å². The Morgan fingerprint density at radius 2 is 2.25 bits per heavy atom. The monoisotopic (exact) mass is 275 g/mol. The van der Waals surface area contributed by atoms with Crippen LogP contribution in [0, 0.1) is 6.92 Å². The summed E-state index contributed by atoms with van der Waals surface area (Å²) in [5.41, 5.74) is 0.794. The molecule has 0 aromatic carbocycles. The minimum absolute atomic E-state index is 0.322. The molecule has 2 aromatic rings. The number of ether oxygens (including phenoxy) is 1. The largest absolute Gasteiger partial charge is 0.376 e. The number of aryl methyl sites for hydroxylation is 1. The molecular formula is C14H21N5O. The smallest absolute Gasteiger partial charge is 0.178 e. The fraction of sp³-hybridized carbons (Fsp3) is 0.643. The van der Waals surface area contributed by atoms with Gasteiger partial charge in [0.25, 0.3) is 0 Å². The Morgan fingerprint density at radius 1 is 1.35 bits per heavy atom. The van der Waals surface area contributed by atoms with Crippen molar-refractivity contribution in [2.24, 2.45) is 0 Å². The Kier molecular flexibility index (Phi) is 3.82. The summed E-state index contributed by atoms with van der Waals surface area (Å²) in [5, 5.41) is 12.7. The molecule has 1 saturated heterocycles. The van der Waals surface area contributed by atoms with E-state index in [-0.39, 0.29) is 0 Å². The Balaban J connectivity index is 1.77. The van der Waals surface area contributed by atoms with Crippen LogP contribution >= 0.6 is 0 Å². The molecule has 3 heterocycles. The first-order valence-electron chi connectivity index (χ1n) is 7.33. The van der Waals surface area contributed by atoms with Crippen LogP contribution in [0.3, 0.4) is 0 Å². The van der Waals surface area contributed by atoms with Gasteiger partial charge >= 0.3 is 0 Å². The van der Waals surface area contributed by atoms with Crippen LogP contribution in [0.15, 0.2) is 12.1 Å². The summed E-state index contributed by atoms with van der Waals surface area (Å²) in [6.07, 6.45) is 3.68. The molecule has 3 rings (SSSR count). The molecule has 6 nitrogen and oxygen atoms in total. The molecule has 108 valence electrons. The van der Waals surface area contributed by atoms with Gasteiger partial charge in [-0.2, -0.15) is 4.52 Å². The van der Waals surface area contributed by atoms with Crippen molar-refractivity contribution in [2.75, 3.05) is 24.6 Å². The third kappa shape index (κ3) is 2.60. The van der Waals surface area contributed by atoms with Gasteiger partial charge in [0.05, 0.1) is 6.10 Å². The van der Waals surface area contributed by atoms with Crippen LogP contribution in [0.1, 0.15) is 32.0 Å². The molecule has 0 N–H and O–H groups in total. The Hall–Kier alpha value is -1.69.